The van der Waals surface area contributed by atoms with E-state index < -0.39 is 0 Å². The topological polar surface area (TPSA) is 52.2 Å². The molecule has 5 nitrogen and oxygen atoms in total. The molecule has 3 heterocycles. The van der Waals surface area contributed by atoms with Gasteiger partial charge in [-0.2, -0.15) is 16.9 Å². The van der Waals surface area contributed by atoms with E-state index in [4.69, 9.17) is 0 Å². The molecule has 27 heavy (non-hydrogen) atoms. The predicted molar refractivity (Wildman–Crippen MR) is 106 cm³/mol. The second kappa shape index (κ2) is 8.44. The van der Waals surface area contributed by atoms with Gasteiger partial charge >= 0.3 is 0 Å². The van der Waals surface area contributed by atoms with Crippen molar-refractivity contribution >= 4 is 17.7 Å². The Morgan fingerprint density at radius 3 is 2.74 bits per heavy atom. The van der Waals surface area contributed by atoms with Crippen LogP contribution in [0.1, 0.15) is 29.8 Å². The summed E-state index contributed by atoms with van der Waals surface area (Å²) in [6.45, 7) is 4.02. The first kappa shape index (κ1) is 18.5. The minimum absolute atomic E-state index is 0.0163. The Balaban J connectivity index is 1.51. The molecule has 2 aliphatic heterocycles. The fourth-order valence-corrected chi connectivity index (χ4v) is 4.92. The molecule has 1 aromatic carbocycles. The highest BCUT2D eigenvalue weighted by atomic mass is 32.2. The molecule has 2 saturated heterocycles. The molecule has 0 saturated carbocycles. The predicted octanol–water partition coefficient (Wildman–Crippen LogP) is 3.26. The van der Waals surface area contributed by atoms with Gasteiger partial charge in [-0.05, 0) is 68.4 Å². The zero-order valence-corrected chi connectivity index (χ0v) is 16.2. The van der Waals surface area contributed by atoms with Crippen LogP contribution in [0.2, 0.25) is 0 Å². The van der Waals surface area contributed by atoms with Gasteiger partial charge in [0.2, 0.25) is 0 Å². The van der Waals surface area contributed by atoms with Crippen molar-refractivity contribution in [1.82, 2.24) is 20.0 Å². The van der Waals surface area contributed by atoms with Gasteiger partial charge in [-0.3, -0.25) is 9.89 Å². The van der Waals surface area contributed by atoms with Gasteiger partial charge in [0.05, 0.1) is 11.7 Å². The van der Waals surface area contributed by atoms with Crippen molar-refractivity contribution in [3.63, 3.8) is 0 Å². The molecule has 0 radical (unpaired) electrons. The highest BCUT2D eigenvalue weighted by Gasteiger charge is 2.30. The first-order chi connectivity index (χ1) is 13.2. The average Bonchev–Trinajstić information content (AvgIpc) is 3.31. The minimum atomic E-state index is -0.280. The normalized spacial score (nSPS) is 21.4. The van der Waals surface area contributed by atoms with Gasteiger partial charge in [-0.25, -0.2) is 4.39 Å². The summed E-state index contributed by atoms with van der Waals surface area (Å²) in [6.07, 6.45) is 3.54. The lowest BCUT2D eigenvalue weighted by atomic mass is 10.1. The molecule has 2 aromatic rings. The van der Waals surface area contributed by atoms with Crippen LogP contribution in [0.4, 0.5) is 4.39 Å². The molecule has 0 spiro atoms. The number of carbonyl (C=O) groups is 1. The van der Waals surface area contributed by atoms with E-state index in [0.717, 1.165) is 49.7 Å². The quantitative estimate of drug-likeness (QED) is 0.874. The number of thioether (sulfide) groups is 1. The molecule has 7 heteroatoms. The second-order valence-corrected chi connectivity index (χ2v) is 8.41. The van der Waals surface area contributed by atoms with Crippen LogP contribution in [-0.4, -0.2) is 69.6 Å². The SMILES string of the molecule is O=C(c1cc(-c2ccc(F)cc2)n[nH]1)N1CCCSCC1CN1CCCC1. The summed E-state index contributed by atoms with van der Waals surface area (Å²) in [7, 11) is 0. The zero-order chi connectivity index (χ0) is 18.6. The van der Waals surface area contributed by atoms with Crippen LogP contribution >= 0.6 is 11.8 Å². The summed E-state index contributed by atoms with van der Waals surface area (Å²) in [5, 5.41) is 7.17. The Morgan fingerprint density at radius 2 is 1.96 bits per heavy atom. The number of hydrogen-bond donors (Lipinski definition) is 1. The van der Waals surface area contributed by atoms with Gasteiger partial charge in [0.25, 0.3) is 5.91 Å². The van der Waals surface area contributed by atoms with E-state index in [1.54, 1.807) is 18.2 Å². The van der Waals surface area contributed by atoms with Crippen LogP contribution in [0.3, 0.4) is 0 Å². The van der Waals surface area contributed by atoms with Crippen LogP contribution in [-0.2, 0) is 0 Å². The van der Waals surface area contributed by atoms with E-state index in [0.29, 0.717) is 11.4 Å². The summed E-state index contributed by atoms with van der Waals surface area (Å²) in [5.41, 5.74) is 1.97. The van der Waals surface area contributed by atoms with Crippen molar-refractivity contribution in [3.8, 4) is 11.3 Å². The molecule has 1 unspecified atom stereocenters. The van der Waals surface area contributed by atoms with Crippen molar-refractivity contribution in [2.45, 2.75) is 25.3 Å². The number of benzene rings is 1. The highest BCUT2D eigenvalue weighted by molar-refractivity contribution is 7.99. The third kappa shape index (κ3) is 4.35. The van der Waals surface area contributed by atoms with Gasteiger partial charge in [0.15, 0.2) is 0 Å². The molecule has 2 fully saturated rings. The lowest BCUT2D eigenvalue weighted by Gasteiger charge is -2.32. The maximum absolute atomic E-state index is 13.2. The van der Waals surface area contributed by atoms with Crippen LogP contribution in [0.25, 0.3) is 11.3 Å². The number of likely N-dealkylation sites (tertiary alicyclic amines) is 1. The van der Waals surface area contributed by atoms with Gasteiger partial charge in [0.1, 0.15) is 11.5 Å². The van der Waals surface area contributed by atoms with Crippen LogP contribution in [0.15, 0.2) is 30.3 Å². The molecule has 1 atom stereocenters. The average molecular weight is 389 g/mol. The Kier molecular flexibility index (Phi) is 5.78. The van der Waals surface area contributed by atoms with E-state index in [1.165, 1.54) is 25.0 Å². The van der Waals surface area contributed by atoms with Crippen molar-refractivity contribution in [2.24, 2.45) is 0 Å². The number of aromatic nitrogens is 2. The summed E-state index contributed by atoms with van der Waals surface area (Å²) in [4.78, 5) is 17.7. The van der Waals surface area contributed by atoms with E-state index in [2.05, 4.69) is 15.1 Å². The van der Waals surface area contributed by atoms with Crippen molar-refractivity contribution in [3.05, 3.63) is 41.8 Å². The molecular formula is C20H25FN4OS. The Bertz CT molecular complexity index is 773. The summed E-state index contributed by atoms with van der Waals surface area (Å²) >= 11 is 1.95. The fraction of sp³-hybridized carbons (Fsp3) is 0.500. The van der Waals surface area contributed by atoms with Crippen molar-refractivity contribution in [2.75, 3.05) is 37.7 Å². The lowest BCUT2D eigenvalue weighted by Crippen LogP contribution is -2.47. The molecule has 0 aliphatic carbocycles. The largest absolute Gasteiger partial charge is 0.332 e. The fourth-order valence-electron chi connectivity index (χ4n) is 3.87. The number of H-pyrrole nitrogens is 1. The Labute approximate surface area is 163 Å². The number of nitrogens with one attached hydrogen (secondary N) is 1. The standard InChI is InChI=1S/C20H25FN4OS/c21-16-6-4-15(5-7-16)18-12-19(23-22-18)20(26)25-10-3-11-27-14-17(25)13-24-8-1-2-9-24/h4-7,12,17H,1-3,8-11,13-14H2,(H,22,23). The number of amides is 1. The number of hydrogen-bond acceptors (Lipinski definition) is 4. The molecule has 1 N–H and O–H groups in total. The van der Waals surface area contributed by atoms with Gasteiger partial charge in [-0.15, -0.1) is 0 Å². The first-order valence-electron chi connectivity index (χ1n) is 9.63. The molecule has 1 aromatic heterocycles. The number of halogens is 1. The molecule has 2 aliphatic rings. The molecule has 4 rings (SSSR count). The van der Waals surface area contributed by atoms with Crippen molar-refractivity contribution < 1.29 is 9.18 Å². The van der Waals surface area contributed by atoms with E-state index in [-0.39, 0.29) is 17.8 Å². The van der Waals surface area contributed by atoms with Crippen LogP contribution in [0, 0.1) is 5.82 Å². The zero-order valence-electron chi connectivity index (χ0n) is 15.4. The van der Waals surface area contributed by atoms with E-state index in [9.17, 15) is 9.18 Å². The van der Waals surface area contributed by atoms with Crippen molar-refractivity contribution in [1.29, 1.82) is 0 Å². The Morgan fingerprint density at radius 1 is 1.19 bits per heavy atom. The molecule has 144 valence electrons. The maximum Gasteiger partial charge on any atom is 0.272 e. The monoisotopic (exact) mass is 388 g/mol. The third-order valence-corrected chi connectivity index (χ3v) is 6.51. The Hall–Kier alpha value is -1.86. The van der Waals surface area contributed by atoms with Crippen LogP contribution in [0.5, 0.6) is 0 Å². The summed E-state index contributed by atoms with van der Waals surface area (Å²) in [6, 6.07) is 8.19. The minimum Gasteiger partial charge on any atom is -0.332 e. The third-order valence-electron chi connectivity index (χ3n) is 5.32. The number of carbonyl (C=O) groups excluding carboxylic acids is 1. The number of rotatable bonds is 4. The maximum atomic E-state index is 13.2. The molecule has 0 bridgehead atoms. The first-order valence-corrected chi connectivity index (χ1v) is 10.8. The number of aromatic amines is 1. The highest BCUT2D eigenvalue weighted by Crippen LogP contribution is 2.23. The molecular weight excluding hydrogens is 363 g/mol. The van der Waals surface area contributed by atoms with Crippen LogP contribution < -0.4 is 0 Å². The lowest BCUT2D eigenvalue weighted by molar-refractivity contribution is 0.0660. The summed E-state index contributed by atoms with van der Waals surface area (Å²) < 4.78 is 13.1. The second-order valence-electron chi connectivity index (χ2n) is 7.26. The number of nitrogens with zero attached hydrogens (tertiary/aromatic N) is 3. The van der Waals surface area contributed by atoms with E-state index in [1.807, 2.05) is 16.7 Å². The molecule has 1 amide bonds. The summed E-state index contributed by atoms with van der Waals surface area (Å²) in [5.74, 6) is 1.82. The van der Waals surface area contributed by atoms with Gasteiger partial charge < -0.3 is 9.80 Å². The van der Waals surface area contributed by atoms with E-state index >= 15 is 0 Å². The van der Waals surface area contributed by atoms with Gasteiger partial charge in [0, 0.05) is 24.4 Å². The van der Waals surface area contributed by atoms with Gasteiger partial charge in [-0.1, -0.05) is 0 Å². The smallest absolute Gasteiger partial charge is 0.272 e.